The van der Waals surface area contributed by atoms with E-state index in [4.69, 9.17) is 9.05 Å². The Kier molecular flexibility index (Phi) is 55.5. The number of phosphoric acid groups is 1. The molecular formula is C66H125N2O6P. The van der Waals surface area contributed by atoms with Crippen molar-refractivity contribution in [3.63, 3.8) is 0 Å². The first-order valence-electron chi connectivity index (χ1n) is 32.1. The SMILES string of the molecule is CC/C=C\C/C=C\C/C=C\C/C=C\C/C=C\CCCCCCCC(=O)NC(COP(=O)([O-])OCC[N+](C)(C)C)C(O)CCCCCCCCCCCCCCCCCCCCCCCCCCCCCCCCCC. The van der Waals surface area contributed by atoms with Crippen LogP contribution in [0.2, 0.25) is 0 Å². The molecule has 3 unspecified atom stereocenters. The second kappa shape index (κ2) is 56.9. The van der Waals surface area contributed by atoms with E-state index in [0.29, 0.717) is 23.9 Å². The van der Waals surface area contributed by atoms with Gasteiger partial charge >= 0.3 is 0 Å². The van der Waals surface area contributed by atoms with Crippen molar-refractivity contribution < 1.29 is 32.9 Å². The first kappa shape index (κ1) is 73.2. The van der Waals surface area contributed by atoms with Crippen LogP contribution < -0.4 is 10.2 Å². The van der Waals surface area contributed by atoms with Gasteiger partial charge in [0.25, 0.3) is 7.82 Å². The molecule has 0 bridgehead atoms. The van der Waals surface area contributed by atoms with Crippen molar-refractivity contribution >= 4 is 13.7 Å². The molecule has 0 saturated heterocycles. The summed E-state index contributed by atoms with van der Waals surface area (Å²) in [6, 6.07) is -0.816. The lowest BCUT2D eigenvalue weighted by Gasteiger charge is -2.30. The summed E-state index contributed by atoms with van der Waals surface area (Å²) in [7, 11) is 1.29. The zero-order chi connectivity index (χ0) is 54.9. The first-order chi connectivity index (χ1) is 36.5. The summed E-state index contributed by atoms with van der Waals surface area (Å²) in [5.41, 5.74) is 0. The van der Waals surface area contributed by atoms with Crippen LogP contribution in [0.1, 0.15) is 303 Å². The molecule has 0 radical (unpaired) electrons. The highest BCUT2D eigenvalue weighted by Gasteiger charge is 2.24. The molecule has 0 spiro atoms. The standard InChI is InChI=1S/C66H125N2O6P/c1-6-8-10-12-14-16-18-20-22-24-26-28-29-30-31-32-33-34-35-36-37-38-40-41-43-45-47-49-51-53-55-57-59-65(69)64(63-74-75(71,72)73-62-61-68(3,4)5)67-66(70)60-58-56-54-52-50-48-46-44-42-39-27-25-23-21-19-17-15-13-11-9-7-2/h9,11,15,17,21,23,27,39,44,46,64-65,69H,6-8,10,12-14,16,18-20,22,24-26,28-38,40-43,45,47-63H2,1-5H3,(H-,67,70,71,72)/b11-9-,17-15-,23-21-,39-27-,46-44-. The zero-order valence-electron chi connectivity index (χ0n) is 50.3. The number of nitrogens with zero attached hydrogens (tertiary/aromatic N) is 1. The highest BCUT2D eigenvalue weighted by Crippen LogP contribution is 2.38. The molecule has 0 heterocycles. The largest absolute Gasteiger partial charge is 0.756 e. The van der Waals surface area contributed by atoms with Crippen molar-refractivity contribution in [1.29, 1.82) is 0 Å². The third kappa shape index (κ3) is 59.7. The summed E-state index contributed by atoms with van der Waals surface area (Å²) >= 11 is 0. The lowest BCUT2D eigenvalue weighted by molar-refractivity contribution is -0.870. The van der Waals surface area contributed by atoms with E-state index in [2.05, 4.69) is 79.9 Å². The van der Waals surface area contributed by atoms with Gasteiger partial charge in [-0.15, -0.1) is 0 Å². The minimum atomic E-state index is -4.59. The molecule has 0 aromatic rings. The second-order valence-corrected chi connectivity index (χ2v) is 24.5. The molecule has 75 heavy (non-hydrogen) atoms. The summed E-state index contributed by atoms with van der Waals surface area (Å²) in [6.07, 6.45) is 77.1. The van der Waals surface area contributed by atoms with Gasteiger partial charge in [-0.1, -0.05) is 299 Å². The summed E-state index contributed by atoms with van der Waals surface area (Å²) in [6.45, 7) is 4.62. The molecule has 440 valence electrons. The molecule has 0 aromatic carbocycles. The van der Waals surface area contributed by atoms with Crippen molar-refractivity contribution in [2.24, 2.45) is 0 Å². The monoisotopic (exact) mass is 1070 g/mol. The maximum atomic E-state index is 13.0. The van der Waals surface area contributed by atoms with Gasteiger partial charge in [-0.25, -0.2) is 0 Å². The van der Waals surface area contributed by atoms with E-state index in [1.165, 1.54) is 186 Å². The number of allylic oxidation sites excluding steroid dienone is 10. The topological polar surface area (TPSA) is 108 Å². The number of rotatable bonds is 59. The Balaban J connectivity index is 4.07. The average molecular weight is 1070 g/mol. The number of phosphoric ester groups is 1. The van der Waals surface area contributed by atoms with Crippen molar-refractivity contribution in [2.75, 3.05) is 40.9 Å². The van der Waals surface area contributed by atoms with Crippen LogP contribution >= 0.6 is 7.82 Å². The maximum Gasteiger partial charge on any atom is 0.268 e. The fourth-order valence-corrected chi connectivity index (χ4v) is 10.3. The lowest BCUT2D eigenvalue weighted by atomic mass is 10.0. The van der Waals surface area contributed by atoms with E-state index in [1.54, 1.807) is 0 Å². The van der Waals surface area contributed by atoms with Gasteiger partial charge in [-0.05, 0) is 57.8 Å². The van der Waals surface area contributed by atoms with Gasteiger partial charge in [0.2, 0.25) is 5.91 Å². The molecule has 1 amide bonds. The molecule has 8 nitrogen and oxygen atoms in total. The highest BCUT2D eigenvalue weighted by atomic mass is 31.2. The number of unbranched alkanes of at least 4 members (excludes halogenated alkanes) is 36. The predicted octanol–water partition coefficient (Wildman–Crippen LogP) is 19.4. The van der Waals surface area contributed by atoms with Crippen LogP contribution in [0.15, 0.2) is 60.8 Å². The van der Waals surface area contributed by atoms with Crippen LogP contribution in [0.25, 0.3) is 0 Å². The summed E-state index contributed by atoms with van der Waals surface area (Å²) in [5.74, 6) is -0.181. The van der Waals surface area contributed by atoms with Gasteiger partial charge in [0, 0.05) is 6.42 Å². The Morgan fingerprint density at radius 2 is 0.813 bits per heavy atom. The number of likely N-dealkylation sites (N-methyl/N-ethyl adjacent to an activating group) is 1. The minimum absolute atomic E-state index is 0.00583. The fraction of sp³-hybridized carbons (Fsp3) is 0.833. The quantitative estimate of drug-likeness (QED) is 0.0272. The number of hydrogen-bond donors (Lipinski definition) is 2. The molecule has 2 N–H and O–H groups in total. The van der Waals surface area contributed by atoms with E-state index in [9.17, 15) is 19.4 Å². The van der Waals surface area contributed by atoms with E-state index < -0.39 is 20.0 Å². The Morgan fingerprint density at radius 3 is 1.19 bits per heavy atom. The number of quaternary nitrogens is 1. The van der Waals surface area contributed by atoms with Crippen molar-refractivity contribution in [1.82, 2.24) is 5.32 Å². The molecule has 0 saturated carbocycles. The molecular weight excluding hydrogens is 948 g/mol. The third-order valence-corrected chi connectivity index (χ3v) is 15.5. The Morgan fingerprint density at radius 1 is 0.480 bits per heavy atom. The molecule has 0 aromatic heterocycles. The van der Waals surface area contributed by atoms with Crippen LogP contribution in [-0.4, -0.2) is 68.5 Å². The summed E-state index contributed by atoms with van der Waals surface area (Å²) in [4.78, 5) is 25.6. The molecule has 0 aliphatic carbocycles. The van der Waals surface area contributed by atoms with Crippen molar-refractivity contribution in [3.05, 3.63) is 60.8 Å². The number of carbonyl (C=O) groups is 1. The number of hydrogen-bond acceptors (Lipinski definition) is 6. The van der Waals surface area contributed by atoms with Crippen LogP contribution in [-0.2, 0) is 18.4 Å². The van der Waals surface area contributed by atoms with Gasteiger partial charge in [0.15, 0.2) is 0 Å². The Labute approximate surface area is 466 Å². The Hall–Kier alpha value is -1.80. The zero-order valence-corrected chi connectivity index (χ0v) is 51.1. The fourth-order valence-electron chi connectivity index (χ4n) is 9.54. The van der Waals surface area contributed by atoms with Crippen molar-refractivity contribution in [2.45, 2.75) is 315 Å². The molecule has 9 heteroatoms. The number of aliphatic hydroxyl groups is 1. The van der Waals surface area contributed by atoms with Gasteiger partial charge in [-0.2, -0.15) is 0 Å². The average Bonchev–Trinajstić information content (AvgIpc) is 3.37. The van der Waals surface area contributed by atoms with Crippen LogP contribution in [0.3, 0.4) is 0 Å². The predicted molar refractivity (Wildman–Crippen MR) is 325 cm³/mol. The minimum Gasteiger partial charge on any atom is -0.756 e. The Bertz CT molecular complexity index is 1400. The highest BCUT2D eigenvalue weighted by molar-refractivity contribution is 7.45. The van der Waals surface area contributed by atoms with Crippen molar-refractivity contribution in [3.8, 4) is 0 Å². The molecule has 0 fully saturated rings. The van der Waals surface area contributed by atoms with Crippen LogP contribution in [0.5, 0.6) is 0 Å². The van der Waals surface area contributed by atoms with Gasteiger partial charge in [-0.3, -0.25) is 9.36 Å². The van der Waals surface area contributed by atoms with Gasteiger partial charge in [0.1, 0.15) is 13.2 Å². The van der Waals surface area contributed by atoms with Gasteiger partial charge in [0.05, 0.1) is 39.9 Å². The van der Waals surface area contributed by atoms with E-state index >= 15 is 0 Å². The number of carbonyl (C=O) groups excluding carboxylic acids is 1. The third-order valence-electron chi connectivity index (χ3n) is 14.5. The van der Waals surface area contributed by atoms with Crippen LogP contribution in [0.4, 0.5) is 0 Å². The number of nitrogens with one attached hydrogen (secondary N) is 1. The molecule has 0 rings (SSSR count). The summed E-state index contributed by atoms with van der Waals surface area (Å²) < 4.78 is 23.5. The lowest BCUT2D eigenvalue weighted by Crippen LogP contribution is -2.46. The molecule has 3 atom stereocenters. The van der Waals surface area contributed by atoms with E-state index in [-0.39, 0.29) is 19.1 Å². The molecule has 0 aliphatic rings. The van der Waals surface area contributed by atoms with E-state index in [1.807, 2.05) is 21.1 Å². The normalized spacial score (nSPS) is 14.2. The second-order valence-electron chi connectivity index (χ2n) is 23.1. The van der Waals surface area contributed by atoms with E-state index in [0.717, 1.165) is 89.9 Å². The number of aliphatic hydroxyl groups excluding tert-OH is 1. The van der Waals surface area contributed by atoms with Gasteiger partial charge < -0.3 is 28.8 Å². The number of amides is 1. The molecule has 0 aliphatic heterocycles. The maximum absolute atomic E-state index is 13.0. The summed E-state index contributed by atoms with van der Waals surface area (Å²) in [5, 5.41) is 14.1. The van der Waals surface area contributed by atoms with Crippen LogP contribution in [0, 0.1) is 0 Å². The smallest absolute Gasteiger partial charge is 0.268 e. The first-order valence-corrected chi connectivity index (χ1v) is 33.6.